The SMILES string of the molecule is CCCCOC(=O)/C=C\C(=O)OCCCC.O=C(O)c1ccccc1C(=O)O. The molecule has 8 heteroatoms. The Morgan fingerprint density at radius 1 is 0.786 bits per heavy atom. The lowest BCUT2D eigenvalue weighted by Gasteiger charge is -2.00. The lowest BCUT2D eigenvalue weighted by Crippen LogP contribution is -2.06. The molecule has 0 spiro atoms. The molecule has 0 aliphatic rings. The molecule has 28 heavy (non-hydrogen) atoms. The van der Waals surface area contributed by atoms with E-state index in [1.807, 2.05) is 13.8 Å². The van der Waals surface area contributed by atoms with Gasteiger partial charge < -0.3 is 19.7 Å². The summed E-state index contributed by atoms with van der Waals surface area (Å²) in [5.74, 6) is -3.46. The van der Waals surface area contributed by atoms with E-state index >= 15 is 0 Å². The van der Waals surface area contributed by atoms with E-state index in [9.17, 15) is 19.2 Å². The van der Waals surface area contributed by atoms with Crippen LogP contribution in [0.25, 0.3) is 0 Å². The molecule has 0 aromatic heterocycles. The molecule has 0 saturated heterocycles. The zero-order chi connectivity index (χ0) is 21.4. The predicted molar refractivity (Wildman–Crippen MR) is 101 cm³/mol. The molecule has 0 heterocycles. The molecule has 0 fully saturated rings. The van der Waals surface area contributed by atoms with Crippen molar-refractivity contribution in [1.82, 2.24) is 0 Å². The molecule has 154 valence electrons. The van der Waals surface area contributed by atoms with Crippen LogP contribution in [0.15, 0.2) is 36.4 Å². The van der Waals surface area contributed by atoms with Crippen LogP contribution in [-0.4, -0.2) is 47.3 Å². The Balaban J connectivity index is 0.000000540. The van der Waals surface area contributed by atoms with Gasteiger partial charge in [0.05, 0.1) is 24.3 Å². The first-order chi connectivity index (χ1) is 13.3. The number of benzene rings is 1. The van der Waals surface area contributed by atoms with Crippen molar-refractivity contribution < 1.29 is 38.9 Å². The summed E-state index contributed by atoms with van der Waals surface area (Å²) in [6, 6.07) is 5.48. The van der Waals surface area contributed by atoms with Crippen LogP contribution in [0.3, 0.4) is 0 Å². The van der Waals surface area contributed by atoms with Crippen LogP contribution in [-0.2, 0) is 19.1 Å². The average Bonchev–Trinajstić information content (AvgIpc) is 2.67. The van der Waals surface area contributed by atoms with Crippen LogP contribution in [0.2, 0.25) is 0 Å². The minimum Gasteiger partial charge on any atom is -0.478 e. The standard InChI is InChI=1S/C12H20O4.C8H6O4/c1-3-5-9-15-11(13)7-8-12(14)16-10-6-4-2;9-7(10)5-3-1-2-4-6(5)8(11)12/h7-8H,3-6,9-10H2,1-2H3;1-4H,(H,9,10)(H,11,12)/b8-7-;. The minimum atomic E-state index is -1.23. The summed E-state index contributed by atoms with van der Waals surface area (Å²) in [7, 11) is 0. The summed E-state index contributed by atoms with van der Waals surface area (Å²) >= 11 is 0. The van der Waals surface area contributed by atoms with Crippen LogP contribution in [0, 0.1) is 0 Å². The van der Waals surface area contributed by atoms with Crippen LogP contribution < -0.4 is 0 Å². The van der Waals surface area contributed by atoms with Gasteiger partial charge in [-0.25, -0.2) is 19.2 Å². The van der Waals surface area contributed by atoms with E-state index in [1.165, 1.54) is 24.3 Å². The van der Waals surface area contributed by atoms with Gasteiger partial charge in [0.2, 0.25) is 0 Å². The number of carboxylic acid groups (broad SMARTS) is 2. The zero-order valence-electron chi connectivity index (χ0n) is 16.1. The van der Waals surface area contributed by atoms with Crippen LogP contribution in [0.4, 0.5) is 0 Å². The first kappa shape index (κ1) is 24.8. The first-order valence-corrected chi connectivity index (χ1v) is 8.90. The maximum Gasteiger partial charge on any atom is 0.336 e. The van der Waals surface area contributed by atoms with Crippen molar-refractivity contribution >= 4 is 23.9 Å². The van der Waals surface area contributed by atoms with Crippen molar-refractivity contribution in [2.45, 2.75) is 39.5 Å². The summed E-state index contributed by atoms with van der Waals surface area (Å²) in [5, 5.41) is 17.1. The molecule has 1 rings (SSSR count). The van der Waals surface area contributed by atoms with E-state index < -0.39 is 23.9 Å². The maximum atomic E-state index is 11.0. The van der Waals surface area contributed by atoms with Gasteiger partial charge >= 0.3 is 23.9 Å². The number of aromatic carboxylic acids is 2. The molecule has 1 aromatic carbocycles. The summed E-state index contributed by atoms with van der Waals surface area (Å²) in [6.45, 7) is 4.80. The number of carboxylic acids is 2. The van der Waals surface area contributed by atoms with Gasteiger partial charge in [-0.15, -0.1) is 0 Å². The van der Waals surface area contributed by atoms with Crippen molar-refractivity contribution in [2.75, 3.05) is 13.2 Å². The number of hydrogen-bond donors (Lipinski definition) is 2. The van der Waals surface area contributed by atoms with Crippen molar-refractivity contribution in [3.05, 3.63) is 47.5 Å². The highest BCUT2D eigenvalue weighted by Crippen LogP contribution is 2.07. The third kappa shape index (κ3) is 11.5. The van der Waals surface area contributed by atoms with Crippen molar-refractivity contribution in [3.63, 3.8) is 0 Å². The number of unbranched alkanes of at least 4 members (excludes halogenated alkanes) is 2. The molecule has 0 saturated carbocycles. The number of carbonyl (C=O) groups excluding carboxylic acids is 2. The number of hydrogen-bond acceptors (Lipinski definition) is 6. The second kappa shape index (κ2) is 15.0. The van der Waals surface area contributed by atoms with Gasteiger partial charge in [0.1, 0.15) is 0 Å². The smallest absolute Gasteiger partial charge is 0.336 e. The van der Waals surface area contributed by atoms with Gasteiger partial charge in [-0.1, -0.05) is 38.8 Å². The van der Waals surface area contributed by atoms with E-state index in [4.69, 9.17) is 19.7 Å². The van der Waals surface area contributed by atoms with Gasteiger partial charge in [0.25, 0.3) is 0 Å². The summed E-state index contributed by atoms with van der Waals surface area (Å²) in [4.78, 5) is 43.0. The maximum absolute atomic E-state index is 11.0. The fourth-order valence-corrected chi connectivity index (χ4v) is 1.72. The molecule has 0 atom stereocenters. The van der Waals surface area contributed by atoms with E-state index in [1.54, 1.807) is 0 Å². The van der Waals surface area contributed by atoms with Crippen molar-refractivity contribution in [2.24, 2.45) is 0 Å². The highest BCUT2D eigenvalue weighted by atomic mass is 16.5. The Morgan fingerprint density at radius 2 is 1.14 bits per heavy atom. The van der Waals surface area contributed by atoms with Crippen molar-refractivity contribution in [1.29, 1.82) is 0 Å². The first-order valence-electron chi connectivity index (χ1n) is 8.90. The Bertz CT molecular complexity index is 622. The van der Waals surface area contributed by atoms with Gasteiger partial charge in [-0.2, -0.15) is 0 Å². The van der Waals surface area contributed by atoms with E-state index in [-0.39, 0.29) is 11.1 Å². The molecule has 0 amide bonds. The molecular formula is C20H26O8. The van der Waals surface area contributed by atoms with Crippen LogP contribution in [0.1, 0.15) is 60.2 Å². The minimum absolute atomic E-state index is 0.190. The normalized spacial score (nSPS) is 9.93. The summed E-state index contributed by atoms with van der Waals surface area (Å²) in [6.07, 6.45) is 5.81. The second-order valence-electron chi connectivity index (χ2n) is 5.53. The lowest BCUT2D eigenvalue weighted by atomic mass is 10.1. The lowest BCUT2D eigenvalue weighted by molar-refractivity contribution is -0.140. The second-order valence-corrected chi connectivity index (χ2v) is 5.53. The van der Waals surface area contributed by atoms with Gasteiger partial charge in [0, 0.05) is 12.2 Å². The Morgan fingerprint density at radius 3 is 1.43 bits per heavy atom. The number of esters is 2. The topological polar surface area (TPSA) is 127 Å². The van der Waals surface area contributed by atoms with Crippen LogP contribution in [0.5, 0.6) is 0 Å². The number of ether oxygens (including phenoxy) is 2. The fourth-order valence-electron chi connectivity index (χ4n) is 1.72. The molecule has 8 nitrogen and oxygen atoms in total. The zero-order valence-corrected chi connectivity index (χ0v) is 16.1. The third-order valence-electron chi connectivity index (χ3n) is 3.23. The van der Waals surface area contributed by atoms with Gasteiger partial charge in [-0.05, 0) is 25.0 Å². The molecule has 0 aliphatic carbocycles. The molecule has 0 radical (unpaired) electrons. The molecule has 1 aromatic rings. The van der Waals surface area contributed by atoms with E-state index in [0.717, 1.165) is 37.8 Å². The average molecular weight is 394 g/mol. The van der Waals surface area contributed by atoms with Crippen molar-refractivity contribution in [3.8, 4) is 0 Å². The Hall–Kier alpha value is -3.16. The molecule has 2 N–H and O–H groups in total. The third-order valence-corrected chi connectivity index (χ3v) is 3.23. The van der Waals surface area contributed by atoms with E-state index in [0.29, 0.717) is 13.2 Å². The summed E-state index contributed by atoms with van der Waals surface area (Å²) in [5.41, 5.74) is -0.380. The largest absolute Gasteiger partial charge is 0.478 e. The Kier molecular flexibility index (Phi) is 13.3. The highest BCUT2D eigenvalue weighted by Gasteiger charge is 2.13. The molecular weight excluding hydrogens is 368 g/mol. The van der Waals surface area contributed by atoms with E-state index in [2.05, 4.69) is 0 Å². The van der Waals surface area contributed by atoms with Gasteiger partial charge in [0.15, 0.2) is 0 Å². The highest BCUT2D eigenvalue weighted by molar-refractivity contribution is 6.01. The monoisotopic (exact) mass is 394 g/mol. The number of rotatable bonds is 10. The predicted octanol–water partition coefficient (Wildman–Crippen LogP) is 3.31. The molecule has 0 unspecified atom stereocenters. The Labute approximate surface area is 163 Å². The van der Waals surface area contributed by atoms with Gasteiger partial charge in [-0.3, -0.25) is 0 Å². The molecule has 0 aliphatic heterocycles. The quantitative estimate of drug-likeness (QED) is 0.351. The summed E-state index contributed by atoms with van der Waals surface area (Å²) < 4.78 is 9.65. The van der Waals surface area contributed by atoms with Crippen LogP contribution >= 0.6 is 0 Å². The fraction of sp³-hybridized carbons (Fsp3) is 0.400. The molecule has 0 bridgehead atoms. The number of carbonyl (C=O) groups is 4.